The molecule has 2 aromatic heterocycles. The van der Waals surface area contributed by atoms with Crippen LogP contribution in [0.1, 0.15) is 11.3 Å². The Morgan fingerprint density at radius 2 is 2.04 bits per heavy atom. The van der Waals surface area contributed by atoms with Crippen LogP contribution in [0.3, 0.4) is 0 Å². The summed E-state index contributed by atoms with van der Waals surface area (Å²) in [4.78, 5) is 17.3. The maximum atomic E-state index is 13.5. The van der Waals surface area contributed by atoms with Crippen LogP contribution in [0.25, 0.3) is 10.2 Å². The molecule has 0 unspecified atom stereocenters. The van der Waals surface area contributed by atoms with E-state index in [1.54, 1.807) is 18.2 Å². The summed E-state index contributed by atoms with van der Waals surface area (Å²) < 4.78 is 19.4. The number of furan rings is 1. The second kappa shape index (κ2) is 7.51. The minimum Gasteiger partial charge on any atom is -0.463 e. The van der Waals surface area contributed by atoms with E-state index in [2.05, 4.69) is 10.1 Å². The number of thiazole rings is 1. The summed E-state index contributed by atoms with van der Waals surface area (Å²) in [7, 11) is 0. The number of fused-ring (bicyclic) bond motifs is 1. The lowest BCUT2D eigenvalue weighted by Gasteiger charge is -2.13. The van der Waals surface area contributed by atoms with Crippen LogP contribution in [-0.4, -0.2) is 17.1 Å². The van der Waals surface area contributed by atoms with Crippen LogP contribution in [0.5, 0.6) is 0 Å². The first-order chi connectivity index (χ1) is 13.2. The monoisotopic (exact) mass is 379 g/mol. The van der Waals surface area contributed by atoms with Gasteiger partial charge in [-0.15, -0.1) is 0 Å². The largest absolute Gasteiger partial charge is 0.463 e. The lowest BCUT2D eigenvalue weighted by molar-refractivity contribution is -0.118. The molecule has 2 aromatic carbocycles. The number of nitrogens with zero attached hydrogens (tertiary/aromatic N) is 3. The van der Waals surface area contributed by atoms with Crippen molar-refractivity contribution in [3.63, 3.8) is 0 Å². The number of hydrogen-bond donors (Lipinski definition) is 0. The van der Waals surface area contributed by atoms with E-state index in [0.29, 0.717) is 21.1 Å². The number of carbonyl (C=O) groups excluding carboxylic acids is 1. The van der Waals surface area contributed by atoms with Gasteiger partial charge in [-0.2, -0.15) is 10.1 Å². The first kappa shape index (κ1) is 17.1. The van der Waals surface area contributed by atoms with E-state index in [0.717, 1.165) is 5.56 Å². The molecule has 0 aliphatic rings. The van der Waals surface area contributed by atoms with Crippen molar-refractivity contribution in [2.24, 2.45) is 5.10 Å². The van der Waals surface area contributed by atoms with Gasteiger partial charge in [-0.3, -0.25) is 4.79 Å². The fraction of sp³-hybridized carbons (Fsp3) is 0.0500. The first-order valence-corrected chi connectivity index (χ1v) is 9.01. The Balaban J connectivity index is 1.68. The fourth-order valence-electron chi connectivity index (χ4n) is 2.52. The van der Waals surface area contributed by atoms with E-state index in [-0.39, 0.29) is 18.1 Å². The molecule has 5 nitrogen and oxygen atoms in total. The standard InChI is InChI=1S/C20H14FN3O2S/c21-15-8-9-17-18(12-15)27-20(23-17)24(22-13-16-7-4-10-26-16)19(25)11-14-5-2-1-3-6-14/h1-10,12-13H,11H2/b22-13-. The zero-order valence-electron chi connectivity index (χ0n) is 14.1. The number of aromatic nitrogens is 1. The van der Waals surface area contributed by atoms with E-state index < -0.39 is 0 Å². The topological polar surface area (TPSA) is 58.7 Å². The van der Waals surface area contributed by atoms with Crippen molar-refractivity contribution in [2.45, 2.75) is 6.42 Å². The molecule has 134 valence electrons. The molecule has 0 saturated heterocycles. The average Bonchev–Trinajstić information content (AvgIpc) is 3.32. The van der Waals surface area contributed by atoms with Gasteiger partial charge in [-0.25, -0.2) is 9.37 Å². The zero-order valence-corrected chi connectivity index (χ0v) is 14.9. The number of hydrazone groups is 1. The zero-order chi connectivity index (χ0) is 18.6. The van der Waals surface area contributed by atoms with Crippen molar-refractivity contribution >= 4 is 38.8 Å². The highest BCUT2D eigenvalue weighted by molar-refractivity contribution is 7.22. The van der Waals surface area contributed by atoms with Crippen LogP contribution in [0, 0.1) is 5.82 Å². The number of benzene rings is 2. The molecule has 0 aliphatic carbocycles. The molecule has 0 spiro atoms. The van der Waals surface area contributed by atoms with Crippen molar-refractivity contribution < 1.29 is 13.6 Å². The summed E-state index contributed by atoms with van der Waals surface area (Å²) in [6.07, 6.45) is 3.15. The number of halogens is 1. The molecule has 0 bridgehead atoms. The molecule has 7 heteroatoms. The molecule has 0 aliphatic heterocycles. The number of carbonyl (C=O) groups is 1. The van der Waals surface area contributed by atoms with Gasteiger partial charge in [0.25, 0.3) is 5.91 Å². The van der Waals surface area contributed by atoms with Crippen LogP contribution in [0.15, 0.2) is 76.4 Å². The summed E-state index contributed by atoms with van der Waals surface area (Å²) in [5.74, 6) is -0.0813. The number of hydrogen-bond acceptors (Lipinski definition) is 5. The van der Waals surface area contributed by atoms with E-state index >= 15 is 0 Å². The Hall–Kier alpha value is -3.32. The molecule has 0 saturated carbocycles. The van der Waals surface area contributed by atoms with E-state index in [9.17, 15) is 9.18 Å². The summed E-state index contributed by atoms with van der Waals surface area (Å²) in [6.45, 7) is 0. The van der Waals surface area contributed by atoms with Gasteiger partial charge in [-0.1, -0.05) is 41.7 Å². The van der Waals surface area contributed by atoms with Gasteiger partial charge in [0.15, 0.2) is 0 Å². The second-order valence-corrected chi connectivity index (χ2v) is 6.75. The van der Waals surface area contributed by atoms with E-state index in [1.807, 2.05) is 30.3 Å². The van der Waals surface area contributed by atoms with Gasteiger partial charge in [0.05, 0.1) is 29.1 Å². The molecule has 2 heterocycles. The summed E-state index contributed by atoms with van der Waals surface area (Å²) >= 11 is 1.21. The normalized spacial score (nSPS) is 11.3. The van der Waals surface area contributed by atoms with Crippen LogP contribution in [0.4, 0.5) is 9.52 Å². The second-order valence-electron chi connectivity index (χ2n) is 5.74. The van der Waals surface area contributed by atoms with Crippen molar-refractivity contribution in [2.75, 3.05) is 5.01 Å². The van der Waals surface area contributed by atoms with Crippen molar-refractivity contribution in [1.29, 1.82) is 0 Å². The molecule has 4 rings (SSSR count). The van der Waals surface area contributed by atoms with Crippen molar-refractivity contribution in [1.82, 2.24) is 4.98 Å². The molecule has 0 radical (unpaired) electrons. The minimum atomic E-state index is -0.348. The molecule has 0 fully saturated rings. The quantitative estimate of drug-likeness (QED) is 0.375. The Kier molecular flexibility index (Phi) is 4.76. The maximum absolute atomic E-state index is 13.5. The highest BCUT2D eigenvalue weighted by atomic mass is 32.1. The highest BCUT2D eigenvalue weighted by Gasteiger charge is 2.20. The minimum absolute atomic E-state index is 0.167. The predicted octanol–water partition coefficient (Wildman–Crippen LogP) is 4.64. The van der Waals surface area contributed by atoms with Crippen LogP contribution >= 0.6 is 11.3 Å². The molecular formula is C20H14FN3O2S. The average molecular weight is 379 g/mol. The van der Waals surface area contributed by atoms with Crippen molar-refractivity contribution in [3.8, 4) is 0 Å². The molecule has 1 amide bonds. The number of rotatable bonds is 5. The van der Waals surface area contributed by atoms with E-state index in [1.165, 1.54) is 41.0 Å². The Bertz CT molecular complexity index is 1090. The fourth-order valence-corrected chi connectivity index (χ4v) is 3.49. The van der Waals surface area contributed by atoms with Gasteiger partial charge >= 0.3 is 0 Å². The van der Waals surface area contributed by atoms with Gasteiger partial charge in [0.1, 0.15) is 11.6 Å². The number of anilines is 1. The third-order valence-electron chi connectivity index (χ3n) is 3.80. The molecule has 4 aromatic rings. The van der Waals surface area contributed by atoms with Gasteiger partial charge in [0.2, 0.25) is 5.13 Å². The molecule has 0 atom stereocenters. The SMILES string of the molecule is O=C(Cc1ccccc1)N(/N=C\c1ccco1)c1nc2ccc(F)cc2s1. The lowest BCUT2D eigenvalue weighted by atomic mass is 10.1. The van der Waals surface area contributed by atoms with Crippen LogP contribution < -0.4 is 5.01 Å². The smallest absolute Gasteiger partial charge is 0.253 e. The van der Waals surface area contributed by atoms with Gasteiger partial charge in [0, 0.05) is 0 Å². The predicted molar refractivity (Wildman–Crippen MR) is 104 cm³/mol. The highest BCUT2D eigenvalue weighted by Crippen LogP contribution is 2.30. The van der Waals surface area contributed by atoms with Crippen LogP contribution in [0.2, 0.25) is 0 Å². The van der Waals surface area contributed by atoms with Crippen molar-refractivity contribution in [3.05, 3.63) is 84.1 Å². The third-order valence-corrected chi connectivity index (χ3v) is 4.79. The molecule has 0 N–H and O–H groups in total. The Morgan fingerprint density at radius 3 is 2.81 bits per heavy atom. The summed E-state index contributed by atoms with van der Waals surface area (Å²) in [5.41, 5.74) is 1.48. The lowest BCUT2D eigenvalue weighted by Crippen LogP contribution is -2.27. The van der Waals surface area contributed by atoms with Gasteiger partial charge in [-0.05, 0) is 35.9 Å². The first-order valence-electron chi connectivity index (χ1n) is 8.19. The third kappa shape index (κ3) is 3.93. The number of amides is 1. The summed E-state index contributed by atoms with van der Waals surface area (Å²) in [6, 6.07) is 17.2. The molecule has 27 heavy (non-hydrogen) atoms. The van der Waals surface area contributed by atoms with Crippen LogP contribution in [-0.2, 0) is 11.2 Å². The van der Waals surface area contributed by atoms with E-state index in [4.69, 9.17) is 4.42 Å². The van der Waals surface area contributed by atoms with Gasteiger partial charge < -0.3 is 4.42 Å². The summed E-state index contributed by atoms with van der Waals surface area (Å²) in [5, 5.41) is 5.88. The maximum Gasteiger partial charge on any atom is 0.253 e. The Morgan fingerprint density at radius 1 is 1.19 bits per heavy atom. The Labute approximate surface area is 158 Å². The molecular weight excluding hydrogens is 365 g/mol.